The van der Waals surface area contributed by atoms with Gasteiger partial charge in [0.25, 0.3) is 0 Å². The van der Waals surface area contributed by atoms with Crippen molar-refractivity contribution < 1.29 is 18.8 Å². The minimum Gasteiger partial charge on any atom is -0.493 e. The summed E-state index contributed by atoms with van der Waals surface area (Å²) in [6.45, 7) is 14.3. The molecule has 0 saturated carbocycles. The molecule has 0 aliphatic carbocycles. The van der Waals surface area contributed by atoms with E-state index in [1.807, 2.05) is 46.8 Å². The molecule has 0 spiro atoms. The van der Waals surface area contributed by atoms with E-state index >= 15 is 0 Å². The number of hydrogen-bond donors (Lipinski definition) is 0. The van der Waals surface area contributed by atoms with Crippen LogP contribution in [0.3, 0.4) is 0 Å². The van der Waals surface area contributed by atoms with Crippen molar-refractivity contribution in [1.82, 2.24) is 0 Å². The number of rotatable bonds is 4. The number of aryl methyl sites for hydroxylation is 1. The lowest BCUT2D eigenvalue weighted by atomic mass is 9.74. The van der Waals surface area contributed by atoms with Gasteiger partial charge in [0.1, 0.15) is 0 Å². The Morgan fingerprint density at radius 3 is 1.91 bits per heavy atom. The number of methoxy groups -OCH3 is 2. The Labute approximate surface area is 133 Å². The molecule has 1 saturated heterocycles. The topological polar surface area (TPSA) is 36.9 Å². The molecule has 1 aliphatic rings. The summed E-state index contributed by atoms with van der Waals surface area (Å²) in [5.74, 6) is 1.37. The van der Waals surface area contributed by atoms with Crippen LogP contribution in [0.15, 0.2) is 18.7 Å². The molecular weight excluding hydrogens is 279 g/mol. The normalized spacial score (nSPS) is 19.1. The van der Waals surface area contributed by atoms with E-state index in [4.69, 9.17) is 18.8 Å². The average Bonchev–Trinajstić information content (AvgIpc) is 2.66. The van der Waals surface area contributed by atoms with Gasteiger partial charge in [0.15, 0.2) is 11.5 Å². The van der Waals surface area contributed by atoms with Crippen molar-refractivity contribution in [2.24, 2.45) is 0 Å². The molecule has 0 radical (unpaired) electrons. The zero-order valence-corrected chi connectivity index (χ0v) is 14.6. The quantitative estimate of drug-likeness (QED) is 0.796. The van der Waals surface area contributed by atoms with Crippen LogP contribution in [-0.4, -0.2) is 32.5 Å². The Kier molecular flexibility index (Phi) is 4.33. The van der Waals surface area contributed by atoms with Gasteiger partial charge in [-0.2, -0.15) is 0 Å². The molecule has 1 heterocycles. The lowest BCUT2D eigenvalue weighted by Crippen LogP contribution is -2.41. The van der Waals surface area contributed by atoms with Crippen molar-refractivity contribution in [3.05, 3.63) is 29.8 Å². The molecule has 5 heteroatoms. The van der Waals surface area contributed by atoms with E-state index in [9.17, 15) is 0 Å². The highest BCUT2D eigenvalue weighted by Crippen LogP contribution is 2.41. The van der Waals surface area contributed by atoms with Crippen molar-refractivity contribution in [2.75, 3.05) is 14.2 Å². The fraction of sp³-hybridized carbons (Fsp3) is 0.529. The molecule has 2 rings (SSSR count). The Morgan fingerprint density at radius 2 is 1.45 bits per heavy atom. The Hall–Kier alpha value is -1.46. The van der Waals surface area contributed by atoms with E-state index in [-0.39, 0.29) is 11.2 Å². The van der Waals surface area contributed by atoms with Gasteiger partial charge in [0, 0.05) is 0 Å². The van der Waals surface area contributed by atoms with Crippen molar-refractivity contribution in [3.8, 4) is 11.5 Å². The average molecular weight is 304 g/mol. The van der Waals surface area contributed by atoms with Crippen molar-refractivity contribution in [2.45, 2.75) is 45.8 Å². The SMILES string of the molecule is C=C(B1OC(C)(C)C(C)(C)O1)c1cc(OC)c(OC)cc1C. The molecule has 0 bridgehead atoms. The third-order valence-electron chi connectivity index (χ3n) is 4.61. The highest BCUT2D eigenvalue weighted by atomic mass is 16.7. The molecule has 0 amide bonds. The Bertz CT molecular complexity index is 577. The molecule has 1 aromatic carbocycles. The molecule has 4 nitrogen and oxygen atoms in total. The van der Waals surface area contributed by atoms with Gasteiger partial charge in [-0.25, -0.2) is 0 Å². The van der Waals surface area contributed by atoms with Crippen LogP contribution in [0, 0.1) is 6.92 Å². The van der Waals surface area contributed by atoms with E-state index in [1.54, 1.807) is 14.2 Å². The lowest BCUT2D eigenvalue weighted by Gasteiger charge is -2.32. The first kappa shape index (κ1) is 16.9. The molecule has 1 fully saturated rings. The second kappa shape index (κ2) is 5.63. The maximum atomic E-state index is 6.07. The van der Waals surface area contributed by atoms with Crippen molar-refractivity contribution in [3.63, 3.8) is 0 Å². The maximum absolute atomic E-state index is 6.07. The van der Waals surface area contributed by atoms with Gasteiger partial charge in [0.05, 0.1) is 25.4 Å². The van der Waals surface area contributed by atoms with E-state index < -0.39 is 7.12 Å². The van der Waals surface area contributed by atoms with Crippen LogP contribution in [0.5, 0.6) is 11.5 Å². The third-order valence-corrected chi connectivity index (χ3v) is 4.61. The van der Waals surface area contributed by atoms with E-state index in [0.29, 0.717) is 11.5 Å². The summed E-state index contributed by atoms with van der Waals surface area (Å²) >= 11 is 0. The summed E-state index contributed by atoms with van der Waals surface area (Å²) in [6, 6.07) is 3.85. The fourth-order valence-corrected chi connectivity index (χ4v) is 2.44. The summed E-state index contributed by atoms with van der Waals surface area (Å²) in [6.07, 6.45) is 0. The first-order chi connectivity index (χ1) is 10.1. The molecule has 0 N–H and O–H groups in total. The summed E-state index contributed by atoms with van der Waals surface area (Å²) in [7, 11) is 2.77. The van der Waals surface area contributed by atoms with Gasteiger partial charge in [-0.15, -0.1) is 0 Å². The number of benzene rings is 1. The van der Waals surface area contributed by atoms with Crippen LogP contribution < -0.4 is 9.47 Å². The molecule has 120 valence electrons. The van der Waals surface area contributed by atoms with Gasteiger partial charge in [-0.1, -0.05) is 6.58 Å². The highest BCUT2D eigenvalue weighted by Gasteiger charge is 2.52. The molecule has 0 unspecified atom stereocenters. The van der Waals surface area contributed by atoms with E-state index in [1.165, 1.54) is 0 Å². The van der Waals surface area contributed by atoms with Crippen LogP contribution in [0.25, 0.3) is 5.47 Å². The van der Waals surface area contributed by atoms with Crippen molar-refractivity contribution in [1.29, 1.82) is 0 Å². The zero-order chi connectivity index (χ0) is 16.7. The van der Waals surface area contributed by atoms with Crippen molar-refractivity contribution >= 4 is 12.6 Å². The van der Waals surface area contributed by atoms with Crippen LogP contribution in [0.4, 0.5) is 0 Å². The first-order valence-electron chi connectivity index (χ1n) is 7.40. The minimum absolute atomic E-state index is 0.384. The number of ether oxygens (including phenoxy) is 2. The molecular formula is C17H25BO4. The second-order valence-corrected chi connectivity index (χ2v) is 6.64. The predicted molar refractivity (Wildman–Crippen MR) is 89.4 cm³/mol. The zero-order valence-electron chi connectivity index (χ0n) is 14.6. The smallest absolute Gasteiger partial charge is 0.493 e. The largest absolute Gasteiger partial charge is 0.494 e. The van der Waals surface area contributed by atoms with Gasteiger partial charge in [-0.05, 0) is 63.4 Å². The second-order valence-electron chi connectivity index (χ2n) is 6.64. The molecule has 0 aromatic heterocycles. The predicted octanol–water partition coefficient (Wildman–Crippen LogP) is 3.66. The number of hydrogen-bond acceptors (Lipinski definition) is 4. The summed E-state index contributed by atoms with van der Waals surface area (Å²) < 4.78 is 22.8. The highest BCUT2D eigenvalue weighted by molar-refractivity contribution is 6.68. The molecule has 22 heavy (non-hydrogen) atoms. The Morgan fingerprint density at radius 1 is 1.00 bits per heavy atom. The van der Waals surface area contributed by atoms with Gasteiger partial charge in [0.2, 0.25) is 0 Å². The maximum Gasteiger partial charge on any atom is 0.494 e. The lowest BCUT2D eigenvalue weighted by molar-refractivity contribution is 0.00578. The minimum atomic E-state index is -0.471. The van der Waals surface area contributed by atoms with E-state index in [2.05, 4.69) is 6.58 Å². The van der Waals surface area contributed by atoms with Crippen LogP contribution in [0.1, 0.15) is 38.8 Å². The Balaban J connectivity index is 2.35. The first-order valence-corrected chi connectivity index (χ1v) is 7.40. The molecule has 1 aromatic rings. The summed E-state index contributed by atoms with van der Waals surface area (Å²) in [4.78, 5) is 0. The van der Waals surface area contributed by atoms with E-state index in [0.717, 1.165) is 16.6 Å². The van der Waals surface area contributed by atoms with Crippen LogP contribution in [0.2, 0.25) is 0 Å². The molecule has 0 atom stereocenters. The standard InChI is InChI=1S/C17H25BO4/c1-11-9-14(19-7)15(20-8)10-13(11)12(2)18-21-16(3,4)17(5,6)22-18/h9-10H,2H2,1,3-8H3. The van der Waals surface area contributed by atoms with Gasteiger partial charge in [-0.3, -0.25) is 0 Å². The molecule has 1 aliphatic heterocycles. The van der Waals surface area contributed by atoms with Crippen LogP contribution in [-0.2, 0) is 9.31 Å². The summed E-state index contributed by atoms with van der Waals surface area (Å²) in [5, 5.41) is 0. The fourth-order valence-electron chi connectivity index (χ4n) is 2.44. The van der Waals surface area contributed by atoms with Crippen LogP contribution >= 0.6 is 0 Å². The third kappa shape index (κ3) is 2.75. The monoisotopic (exact) mass is 304 g/mol. The van der Waals surface area contributed by atoms with Gasteiger partial charge < -0.3 is 18.8 Å². The summed E-state index contributed by atoms with van der Waals surface area (Å²) in [5.41, 5.74) is 2.02. The van der Waals surface area contributed by atoms with Gasteiger partial charge >= 0.3 is 7.12 Å².